The van der Waals surface area contributed by atoms with Crippen LogP contribution in [0.3, 0.4) is 0 Å². The molecule has 1 aromatic rings. The Labute approximate surface area is 128 Å². The molecule has 1 aromatic carbocycles. The van der Waals surface area contributed by atoms with Crippen molar-refractivity contribution in [1.29, 1.82) is 0 Å². The molecule has 0 saturated heterocycles. The fraction of sp³-hybridized carbons (Fsp3) is 0.667. The fourth-order valence-corrected chi connectivity index (χ4v) is 3.82. The minimum absolute atomic E-state index is 0.546. The maximum atomic E-state index is 6.01. The lowest BCUT2D eigenvalue weighted by atomic mass is 9.82. The van der Waals surface area contributed by atoms with E-state index in [-0.39, 0.29) is 0 Å². The van der Waals surface area contributed by atoms with Crippen LogP contribution in [0.4, 0.5) is 0 Å². The molecule has 0 aliphatic heterocycles. The summed E-state index contributed by atoms with van der Waals surface area (Å²) in [6.45, 7) is 3.60. The van der Waals surface area contributed by atoms with Crippen molar-refractivity contribution in [3.63, 3.8) is 0 Å². The molecule has 0 amide bonds. The second-order valence-electron chi connectivity index (χ2n) is 6.91. The van der Waals surface area contributed by atoms with Crippen LogP contribution in [-0.2, 0) is 0 Å². The van der Waals surface area contributed by atoms with Gasteiger partial charge in [0.25, 0.3) is 0 Å². The maximum absolute atomic E-state index is 6.01. The van der Waals surface area contributed by atoms with Crippen LogP contribution in [0.2, 0.25) is 5.02 Å². The summed E-state index contributed by atoms with van der Waals surface area (Å²) in [5, 5.41) is 4.70. The number of benzene rings is 1. The number of rotatable bonds is 5. The monoisotopic (exact) mass is 291 g/mol. The van der Waals surface area contributed by atoms with Gasteiger partial charge in [0, 0.05) is 11.1 Å². The summed E-state index contributed by atoms with van der Waals surface area (Å²) in [6, 6.07) is 8.99. The summed E-state index contributed by atoms with van der Waals surface area (Å²) >= 11 is 6.01. The quantitative estimate of drug-likeness (QED) is 0.785. The topological polar surface area (TPSA) is 12.0 Å². The molecule has 2 saturated carbocycles. The van der Waals surface area contributed by atoms with E-state index in [1.807, 2.05) is 12.1 Å². The van der Waals surface area contributed by atoms with Crippen molar-refractivity contribution in [3.8, 4) is 0 Å². The Morgan fingerprint density at radius 1 is 1.15 bits per heavy atom. The van der Waals surface area contributed by atoms with E-state index >= 15 is 0 Å². The van der Waals surface area contributed by atoms with Crippen molar-refractivity contribution in [2.24, 2.45) is 17.8 Å². The Morgan fingerprint density at radius 3 is 2.55 bits per heavy atom. The summed E-state index contributed by atoms with van der Waals surface area (Å²) < 4.78 is 0. The van der Waals surface area contributed by atoms with Crippen LogP contribution in [0.25, 0.3) is 0 Å². The molecule has 2 aliphatic carbocycles. The average Bonchev–Trinajstić information content (AvgIpc) is 3.26. The summed E-state index contributed by atoms with van der Waals surface area (Å²) in [6.07, 6.45) is 8.42. The van der Waals surface area contributed by atoms with Crippen molar-refractivity contribution in [1.82, 2.24) is 5.32 Å². The van der Waals surface area contributed by atoms with Crippen LogP contribution in [0.15, 0.2) is 24.3 Å². The molecule has 2 aliphatic rings. The van der Waals surface area contributed by atoms with Crippen LogP contribution in [0, 0.1) is 17.8 Å². The normalized spacial score (nSPS) is 28.3. The smallest absolute Gasteiger partial charge is 0.0406 e. The number of halogens is 1. The molecule has 0 radical (unpaired) electrons. The van der Waals surface area contributed by atoms with E-state index in [0.29, 0.717) is 6.04 Å². The summed E-state index contributed by atoms with van der Waals surface area (Å²) in [7, 11) is 0. The van der Waals surface area contributed by atoms with Crippen molar-refractivity contribution in [2.45, 2.75) is 51.5 Å². The molecule has 20 heavy (non-hydrogen) atoms. The second-order valence-corrected chi connectivity index (χ2v) is 7.35. The van der Waals surface area contributed by atoms with Gasteiger partial charge in [-0.15, -0.1) is 0 Å². The van der Waals surface area contributed by atoms with Crippen molar-refractivity contribution in [2.75, 3.05) is 6.54 Å². The van der Waals surface area contributed by atoms with E-state index in [0.717, 1.165) is 22.8 Å². The highest BCUT2D eigenvalue weighted by Crippen LogP contribution is 2.41. The molecule has 3 rings (SSSR count). The lowest BCUT2D eigenvalue weighted by Crippen LogP contribution is -2.31. The largest absolute Gasteiger partial charge is 0.309 e. The fourth-order valence-electron chi connectivity index (χ4n) is 3.70. The third-order valence-corrected chi connectivity index (χ3v) is 5.25. The summed E-state index contributed by atoms with van der Waals surface area (Å²) in [5.41, 5.74) is 1.42. The van der Waals surface area contributed by atoms with Gasteiger partial charge >= 0.3 is 0 Å². The molecule has 0 aromatic heterocycles. The highest BCUT2D eigenvalue weighted by molar-refractivity contribution is 6.30. The second kappa shape index (κ2) is 6.49. The van der Waals surface area contributed by atoms with Crippen molar-refractivity contribution >= 4 is 11.6 Å². The molecule has 0 heterocycles. The molecular weight excluding hydrogens is 266 g/mol. The Hall–Kier alpha value is -0.530. The molecule has 110 valence electrons. The Bertz CT molecular complexity index is 424. The van der Waals surface area contributed by atoms with Gasteiger partial charge in [0.15, 0.2) is 0 Å². The predicted molar refractivity (Wildman–Crippen MR) is 86.0 cm³/mol. The Morgan fingerprint density at radius 2 is 1.90 bits per heavy atom. The van der Waals surface area contributed by atoms with Gasteiger partial charge in [0.2, 0.25) is 0 Å². The Balaban J connectivity index is 1.59. The first-order valence-electron chi connectivity index (χ1n) is 8.21. The van der Waals surface area contributed by atoms with Gasteiger partial charge in [-0.25, -0.2) is 0 Å². The summed E-state index contributed by atoms with van der Waals surface area (Å²) in [5.74, 6) is 2.65. The van der Waals surface area contributed by atoms with Gasteiger partial charge in [0.05, 0.1) is 0 Å². The number of hydrogen-bond acceptors (Lipinski definition) is 1. The predicted octanol–water partition coefficient (Wildman–Crippen LogP) is 5.21. The molecule has 1 nitrogen and oxygen atoms in total. The molecule has 0 bridgehead atoms. The zero-order valence-electron chi connectivity index (χ0n) is 12.4. The average molecular weight is 292 g/mol. The first-order valence-corrected chi connectivity index (χ1v) is 8.59. The van der Waals surface area contributed by atoms with Crippen LogP contribution in [0.5, 0.6) is 0 Å². The highest BCUT2D eigenvalue weighted by atomic mass is 35.5. The van der Waals surface area contributed by atoms with Gasteiger partial charge < -0.3 is 5.32 Å². The van der Waals surface area contributed by atoms with Gasteiger partial charge in [-0.05, 0) is 67.7 Å². The molecule has 2 fully saturated rings. The number of nitrogens with one attached hydrogen (secondary N) is 1. The minimum Gasteiger partial charge on any atom is -0.309 e. The van der Waals surface area contributed by atoms with Crippen LogP contribution in [0.1, 0.15) is 57.1 Å². The third-order valence-electron chi connectivity index (χ3n) is 4.99. The zero-order chi connectivity index (χ0) is 13.9. The lowest BCUT2D eigenvalue weighted by Gasteiger charge is -2.29. The van der Waals surface area contributed by atoms with E-state index in [2.05, 4.69) is 24.4 Å². The Kier molecular flexibility index (Phi) is 4.68. The van der Waals surface area contributed by atoms with E-state index in [1.165, 1.54) is 50.6 Å². The molecule has 2 heteroatoms. The zero-order valence-corrected chi connectivity index (χ0v) is 13.2. The maximum Gasteiger partial charge on any atom is 0.0406 e. The van der Waals surface area contributed by atoms with Gasteiger partial charge in [-0.3, -0.25) is 0 Å². The van der Waals surface area contributed by atoms with Crippen LogP contribution >= 0.6 is 11.6 Å². The van der Waals surface area contributed by atoms with Crippen LogP contribution in [-0.4, -0.2) is 6.54 Å². The number of hydrogen-bond donors (Lipinski definition) is 1. The van der Waals surface area contributed by atoms with E-state index in [1.54, 1.807) is 0 Å². The van der Waals surface area contributed by atoms with E-state index in [9.17, 15) is 0 Å². The lowest BCUT2D eigenvalue weighted by molar-refractivity contribution is 0.263. The molecule has 3 atom stereocenters. The van der Waals surface area contributed by atoms with Crippen molar-refractivity contribution < 1.29 is 0 Å². The van der Waals surface area contributed by atoms with Gasteiger partial charge in [-0.1, -0.05) is 43.5 Å². The third kappa shape index (κ3) is 3.77. The van der Waals surface area contributed by atoms with Gasteiger partial charge in [0.1, 0.15) is 0 Å². The van der Waals surface area contributed by atoms with Gasteiger partial charge in [-0.2, -0.15) is 0 Å². The SMILES string of the molecule is CC1CCCC(CNC(c2ccc(Cl)cc2)C2CC2)C1. The summed E-state index contributed by atoms with van der Waals surface area (Å²) in [4.78, 5) is 0. The molecule has 1 N–H and O–H groups in total. The first-order chi connectivity index (χ1) is 9.72. The van der Waals surface area contributed by atoms with E-state index < -0.39 is 0 Å². The van der Waals surface area contributed by atoms with Crippen molar-refractivity contribution in [3.05, 3.63) is 34.9 Å². The minimum atomic E-state index is 0.546. The van der Waals surface area contributed by atoms with Crippen LogP contribution < -0.4 is 5.32 Å². The molecular formula is C18H26ClN. The highest BCUT2D eigenvalue weighted by Gasteiger charge is 2.32. The molecule has 3 unspecified atom stereocenters. The first kappa shape index (κ1) is 14.4. The van der Waals surface area contributed by atoms with E-state index in [4.69, 9.17) is 11.6 Å². The standard InChI is InChI=1S/C18H26ClN/c1-13-3-2-4-14(11-13)12-20-18(15-5-6-15)16-7-9-17(19)10-8-16/h7-10,13-15,18,20H,2-6,11-12H2,1H3. The molecule has 0 spiro atoms.